The van der Waals surface area contributed by atoms with Gasteiger partial charge in [-0.05, 0) is 49.6 Å². The number of aromatic amines is 1. The van der Waals surface area contributed by atoms with Crippen LogP contribution in [0.1, 0.15) is 35.3 Å². The fourth-order valence-electron chi connectivity index (χ4n) is 4.95. The van der Waals surface area contributed by atoms with Crippen LogP contribution in [-0.4, -0.2) is 52.7 Å². The molecule has 1 aliphatic rings. The van der Waals surface area contributed by atoms with E-state index >= 15 is 0 Å². The van der Waals surface area contributed by atoms with Gasteiger partial charge in [0.1, 0.15) is 5.75 Å². The maximum Gasteiger partial charge on any atom is 0.254 e. The fraction of sp³-hybridized carbons (Fsp3) is 0.296. The van der Waals surface area contributed by atoms with Crippen molar-refractivity contribution in [2.45, 2.75) is 19.4 Å². The van der Waals surface area contributed by atoms with Gasteiger partial charge in [0.2, 0.25) is 0 Å². The van der Waals surface area contributed by atoms with E-state index in [4.69, 9.17) is 4.74 Å². The molecule has 1 amide bonds. The molecule has 1 aliphatic heterocycles. The predicted molar refractivity (Wildman–Crippen MR) is 133 cm³/mol. The summed E-state index contributed by atoms with van der Waals surface area (Å²) >= 11 is 0. The van der Waals surface area contributed by atoms with E-state index in [1.54, 1.807) is 12.4 Å². The summed E-state index contributed by atoms with van der Waals surface area (Å²) in [7, 11) is 1.88. The quantitative estimate of drug-likeness (QED) is 0.430. The molecule has 2 aromatic carbocycles. The van der Waals surface area contributed by atoms with E-state index in [0.717, 1.165) is 47.1 Å². The lowest BCUT2D eigenvalue weighted by molar-refractivity contribution is 0.0679. The number of carbonyl (C=O) groups is 1. The highest BCUT2D eigenvalue weighted by Crippen LogP contribution is 2.37. The normalized spacial score (nSPS) is 16.5. The molecule has 2 N–H and O–H groups in total. The van der Waals surface area contributed by atoms with Crippen LogP contribution in [-0.2, 0) is 0 Å². The molecule has 5 rings (SSSR count). The maximum atomic E-state index is 13.8. The molecular weight excluding hydrogens is 426 g/mol. The third-order valence-corrected chi connectivity index (χ3v) is 6.60. The van der Waals surface area contributed by atoms with Crippen LogP contribution in [0.2, 0.25) is 0 Å². The summed E-state index contributed by atoms with van der Waals surface area (Å²) in [6.07, 6.45) is 6.42. The van der Waals surface area contributed by atoms with Crippen LogP contribution in [0.3, 0.4) is 0 Å². The number of H-pyrrole nitrogens is 1. The highest BCUT2D eigenvalue weighted by Gasteiger charge is 2.34. The van der Waals surface area contributed by atoms with Crippen LogP contribution < -0.4 is 10.1 Å². The molecule has 1 saturated heterocycles. The van der Waals surface area contributed by atoms with Gasteiger partial charge in [-0.2, -0.15) is 5.10 Å². The number of hydrogen-bond acceptors (Lipinski definition) is 5. The van der Waals surface area contributed by atoms with E-state index in [1.165, 1.54) is 0 Å². The molecule has 0 unspecified atom stereocenters. The summed E-state index contributed by atoms with van der Waals surface area (Å²) in [5.74, 6) is 0.943. The molecule has 0 saturated carbocycles. The van der Waals surface area contributed by atoms with Crippen molar-refractivity contribution in [3.63, 3.8) is 0 Å². The topological polar surface area (TPSA) is 83.1 Å². The van der Waals surface area contributed by atoms with Crippen molar-refractivity contribution in [3.8, 4) is 16.9 Å². The minimum atomic E-state index is -0.136. The van der Waals surface area contributed by atoms with Crippen LogP contribution in [0.25, 0.3) is 22.0 Å². The first-order valence-electron chi connectivity index (χ1n) is 11.7. The third-order valence-electron chi connectivity index (χ3n) is 6.60. The first-order valence-corrected chi connectivity index (χ1v) is 11.7. The molecule has 7 heteroatoms. The smallest absolute Gasteiger partial charge is 0.254 e. The summed E-state index contributed by atoms with van der Waals surface area (Å²) in [6, 6.07) is 15.7. The Morgan fingerprint density at radius 1 is 1.18 bits per heavy atom. The fourth-order valence-corrected chi connectivity index (χ4v) is 4.95. The lowest BCUT2D eigenvalue weighted by Gasteiger charge is -2.33. The molecule has 7 nitrogen and oxygen atoms in total. The Kier molecular flexibility index (Phi) is 6.27. The van der Waals surface area contributed by atoms with Gasteiger partial charge in [-0.25, -0.2) is 0 Å². The Balaban J connectivity index is 1.52. The number of hydrogen-bond donors (Lipinski definition) is 2. The number of benzene rings is 2. The third kappa shape index (κ3) is 4.15. The molecule has 0 radical (unpaired) electrons. The van der Waals surface area contributed by atoms with E-state index in [2.05, 4.69) is 20.5 Å². The van der Waals surface area contributed by atoms with Gasteiger partial charge < -0.3 is 15.0 Å². The van der Waals surface area contributed by atoms with Crippen LogP contribution in [0.5, 0.6) is 5.75 Å². The van der Waals surface area contributed by atoms with Gasteiger partial charge in [0.15, 0.2) is 0 Å². The van der Waals surface area contributed by atoms with Gasteiger partial charge in [-0.3, -0.25) is 14.9 Å². The summed E-state index contributed by atoms with van der Waals surface area (Å²) in [5.41, 5.74) is 4.56. The molecule has 34 heavy (non-hydrogen) atoms. The van der Waals surface area contributed by atoms with Gasteiger partial charge in [0.05, 0.1) is 24.4 Å². The van der Waals surface area contributed by atoms with E-state index in [9.17, 15) is 4.79 Å². The molecule has 2 atom stereocenters. The number of amides is 1. The second kappa shape index (κ2) is 9.65. The number of aromatic nitrogens is 3. The van der Waals surface area contributed by atoms with Crippen molar-refractivity contribution in [3.05, 3.63) is 78.2 Å². The Morgan fingerprint density at radius 3 is 2.79 bits per heavy atom. The van der Waals surface area contributed by atoms with Crippen LogP contribution >= 0.6 is 0 Å². The zero-order valence-electron chi connectivity index (χ0n) is 19.5. The molecule has 0 aliphatic carbocycles. The highest BCUT2D eigenvalue weighted by atomic mass is 16.5. The Morgan fingerprint density at radius 2 is 2.03 bits per heavy atom. The van der Waals surface area contributed by atoms with Crippen molar-refractivity contribution in [1.29, 1.82) is 0 Å². The molecular formula is C27H29N5O2. The minimum Gasteiger partial charge on any atom is -0.493 e. The summed E-state index contributed by atoms with van der Waals surface area (Å²) in [4.78, 5) is 20.1. The van der Waals surface area contributed by atoms with E-state index in [1.807, 2.05) is 73.6 Å². The van der Waals surface area contributed by atoms with Gasteiger partial charge >= 0.3 is 0 Å². The minimum absolute atomic E-state index is 0.0472. The van der Waals surface area contributed by atoms with E-state index < -0.39 is 0 Å². The Labute approximate surface area is 199 Å². The molecule has 174 valence electrons. The van der Waals surface area contributed by atoms with Crippen molar-refractivity contribution in [1.82, 2.24) is 25.4 Å². The van der Waals surface area contributed by atoms with Crippen LogP contribution in [0, 0.1) is 5.92 Å². The first kappa shape index (κ1) is 22.1. The van der Waals surface area contributed by atoms with Crippen molar-refractivity contribution < 1.29 is 9.53 Å². The van der Waals surface area contributed by atoms with Gasteiger partial charge in [0, 0.05) is 48.1 Å². The van der Waals surface area contributed by atoms with Gasteiger partial charge in [-0.1, -0.05) is 30.3 Å². The summed E-state index contributed by atoms with van der Waals surface area (Å²) < 4.78 is 5.95. The number of nitrogens with zero attached hydrogens (tertiary/aromatic N) is 3. The summed E-state index contributed by atoms with van der Waals surface area (Å²) in [6.45, 7) is 4.27. The van der Waals surface area contributed by atoms with Crippen LogP contribution in [0.4, 0.5) is 0 Å². The molecule has 0 spiro atoms. The number of pyridine rings is 1. The second-order valence-corrected chi connectivity index (χ2v) is 8.69. The highest BCUT2D eigenvalue weighted by molar-refractivity contribution is 5.96. The van der Waals surface area contributed by atoms with Gasteiger partial charge in [0.25, 0.3) is 5.91 Å². The lowest BCUT2D eigenvalue weighted by Crippen LogP contribution is -2.36. The zero-order valence-corrected chi connectivity index (χ0v) is 19.5. The molecule has 3 heterocycles. The van der Waals surface area contributed by atoms with Crippen molar-refractivity contribution in [2.75, 3.05) is 26.7 Å². The molecule has 0 bridgehead atoms. The first-order chi connectivity index (χ1) is 16.7. The standard InChI is InChI=1S/C27H29N5O2/c1-3-34-24-13-19(9-10-22(24)18-7-5-4-6-8-18)27(33)32(2)26(20-11-12-28-14-20)23-17-29-15-21-16-30-31-25(21)23/h4-10,13,15-17,20,26,28H,3,11-12,14H2,1-2H3,(H,30,31)/t20-,26+/m0/s1. The van der Waals surface area contributed by atoms with E-state index in [-0.39, 0.29) is 17.9 Å². The summed E-state index contributed by atoms with van der Waals surface area (Å²) in [5, 5.41) is 11.7. The molecule has 2 aromatic heterocycles. The number of rotatable bonds is 7. The predicted octanol–water partition coefficient (Wildman–Crippen LogP) is 4.45. The van der Waals surface area contributed by atoms with Crippen LogP contribution in [0.15, 0.2) is 67.1 Å². The number of carbonyl (C=O) groups excluding carboxylic acids is 1. The average Bonchev–Trinajstić information content (AvgIpc) is 3.57. The van der Waals surface area contributed by atoms with E-state index in [0.29, 0.717) is 17.9 Å². The maximum absolute atomic E-state index is 13.8. The number of nitrogens with one attached hydrogen (secondary N) is 2. The number of fused-ring (bicyclic) bond motifs is 1. The molecule has 4 aromatic rings. The second-order valence-electron chi connectivity index (χ2n) is 8.69. The zero-order chi connectivity index (χ0) is 23.5. The SMILES string of the molecule is CCOc1cc(C(=O)N(C)[C@@H](c2cncc3cn[nH]c23)[C@H]2CCNC2)ccc1-c1ccccc1. The lowest BCUT2D eigenvalue weighted by atomic mass is 9.90. The van der Waals surface area contributed by atoms with Crippen molar-refractivity contribution >= 4 is 16.8 Å². The monoisotopic (exact) mass is 455 g/mol. The van der Waals surface area contributed by atoms with Gasteiger partial charge in [-0.15, -0.1) is 0 Å². The molecule has 1 fully saturated rings. The number of ether oxygens (including phenoxy) is 1. The van der Waals surface area contributed by atoms with Crippen molar-refractivity contribution in [2.24, 2.45) is 5.92 Å². The Bertz CT molecular complexity index is 1280. The average molecular weight is 456 g/mol. The Hall–Kier alpha value is -3.71. The largest absolute Gasteiger partial charge is 0.493 e.